The third kappa shape index (κ3) is 4.38. The second-order valence-electron chi connectivity index (χ2n) is 6.97. The van der Waals surface area contributed by atoms with E-state index < -0.39 is 5.82 Å². The van der Waals surface area contributed by atoms with Gasteiger partial charge in [0.25, 0.3) is 5.91 Å². The van der Waals surface area contributed by atoms with E-state index in [0.717, 1.165) is 11.1 Å². The third-order valence-electron chi connectivity index (χ3n) is 4.93. The molecule has 0 bridgehead atoms. The lowest BCUT2D eigenvalue weighted by molar-refractivity contribution is -0.130. The Morgan fingerprint density at radius 1 is 1.21 bits per heavy atom. The highest BCUT2D eigenvalue weighted by molar-refractivity contribution is 8.01. The molecule has 0 saturated carbocycles. The van der Waals surface area contributed by atoms with E-state index in [-0.39, 0.29) is 22.4 Å². The first-order valence-corrected chi connectivity index (χ1v) is 10.4. The molecule has 4 nitrogen and oxygen atoms in total. The predicted molar refractivity (Wildman–Crippen MR) is 111 cm³/mol. The van der Waals surface area contributed by atoms with Crippen LogP contribution in [0.5, 0.6) is 0 Å². The van der Waals surface area contributed by atoms with Gasteiger partial charge in [0.2, 0.25) is 5.91 Å². The van der Waals surface area contributed by atoms with Crippen molar-refractivity contribution in [3.8, 4) is 0 Å². The van der Waals surface area contributed by atoms with Crippen LogP contribution in [-0.4, -0.2) is 46.5 Å². The van der Waals surface area contributed by atoms with Crippen molar-refractivity contribution in [3.63, 3.8) is 0 Å². The third-order valence-corrected chi connectivity index (χ3v) is 6.32. The van der Waals surface area contributed by atoms with Crippen molar-refractivity contribution < 1.29 is 14.0 Å². The molecule has 148 valence electrons. The Kier molecular flexibility index (Phi) is 6.39. The summed E-state index contributed by atoms with van der Waals surface area (Å²) in [6, 6.07) is 13.9. The first-order valence-electron chi connectivity index (χ1n) is 9.48. The summed E-state index contributed by atoms with van der Waals surface area (Å²) in [5.74, 6) is -0.562. The molecule has 2 aromatic carbocycles. The molecule has 2 amide bonds. The maximum atomic E-state index is 13.5. The standard InChI is InChI=1S/C22H25FN2O2S/c1-4-24(21(27)17-8-6-10-19(23)14-17)11-12-25-20(26)16(3)28-22(25)18-9-5-7-15(2)13-18/h5-10,13-14,16,22H,4,11-12H2,1-3H3/t16-,22+/m0/s1. The molecule has 0 aromatic heterocycles. The van der Waals surface area contributed by atoms with Crippen LogP contribution in [0.4, 0.5) is 4.39 Å². The Morgan fingerprint density at radius 2 is 1.96 bits per heavy atom. The molecule has 2 atom stereocenters. The van der Waals surface area contributed by atoms with Gasteiger partial charge in [0.05, 0.1) is 5.25 Å². The molecule has 0 N–H and O–H groups in total. The number of amides is 2. The van der Waals surface area contributed by atoms with E-state index in [4.69, 9.17) is 0 Å². The fourth-order valence-corrected chi connectivity index (χ4v) is 4.72. The Bertz CT molecular complexity index is 873. The molecule has 28 heavy (non-hydrogen) atoms. The van der Waals surface area contributed by atoms with E-state index in [0.29, 0.717) is 25.2 Å². The second kappa shape index (κ2) is 8.78. The number of likely N-dealkylation sites (N-methyl/N-ethyl adjacent to an activating group) is 1. The summed E-state index contributed by atoms with van der Waals surface area (Å²) in [5.41, 5.74) is 2.58. The first-order chi connectivity index (χ1) is 13.4. The van der Waals surface area contributed by atoms with Crippen LogP contribution in [0.25, 0.3) is 0 Å². The Hall–Kier alpha value is -2.34. The Balaban J connectivity index is 1.74. The van der Waals surface area contributed by atoms with Crippen LogP contribution in [0.1, 0.15) is 40.7 Å². The van der Waals surface area contributed by atoms with Gasteiger partial charge >= 0.3 is 0 Å². The van der Waals surface area contributed by atoms with Crippen LogP contribution in [-0.2, 0) is 4.79 Å². The first kappa shape index (κ1) is 20.4. The fraction of sp³-hybridized carbons (Fsp3) is 0.364. The number of hydrogen-bond acceptors (Lipinski definition) is 3. The number of hydrogen-bond donors (Lipinski definition) is 0. The van der Waals surface area contributed by atoms with Gasteiger partial charge in [-0.3, -0.25) is 9.59 Å². The number of benzene rings is 2. The predicted octanol–water partition coefficient (Wildman–Crippen LogP) is 4.26. The maximum absolute atomic E-state index is 13.5. The van der Waals surface area contributed by atoms with E-state index in [9.17, 15) is 14.0 Å². The zero-order valence-corrected chi connectivity index (χ0v) is 17.2. The van der Waals surface area contributed by atoms with Gasteiger partial charge in [0.1, 0.15) is 11.2 Å². The minimum atomic E-state index is -0.429. The second-order valence-corrected chi connectivity index (χ2v) is 8.40. The lowest BCUT2D eigenvalue weighted by Crippen LogP contribution is -2.40. The molecule has 6 heteroatoms. The van der Waals surface area contributed by atoms with E-state index in [1.54, 1.807) is 22.7 Å². The number of carbonyl (C=O) groups is 2. The smallest absolute Gasteiger partial charge is 0.254 e. The SMILES string of the molecule is CCN(CCN1C(=O)[C@H](C)S[C@@H]1c1cccc(C)c1)C(=O)c1cccc(F)c1. The monoisotopic (exact) mass is 400 g/mol. The average molecular weight is 401 g/mol. The van der Waals surface area contributed by atoms with Gasteiger partial charge in [-0.1, -0.05) is 35.9 Å². The Morgan fingerprint density at radius 3 is 2.64 bits per heavy atom. The van der Waals surface area contributed by atoms with Crippen molar-refractivity contribution in [3.05, 3.63) is 71.0 Å². The van der Waals surface area contributed by atoms with E-state index in [1.807, 2.05) is 43.9 Å². The van der Waals surface area contributed by atoms with Gasteiger partial charge < -0.3 is 9.80 Å². The van der Waals surface area contributed by atoms with Crippen molar-refractivity contribution in [2.24, 2.45) is 0 Å². The van der Waals surface area contributed by atoms with Crippen LogP contribution in [0, 0.1) is 12.7 Å². The molecule has 2 aromatic rings. The molecule has 3 rings (SSSR count). The quantitative estimate of drug-likeness (QED) is 0.728. The van der Waals surface area contributed by atoms with Crippen LogP contribution < -0.4 is 0 Å². The minimum absolute atomic E-state index is 0.0506. The molecular formula is C22H25FN2O2S. The molecule has 0 aliphatic carbocycles. The van der Waals surface area contributed by atoms with Crippen LogP contribution in [0.15, 0.2) is 48.5 Å². The topological polar surface area (TPSA) is 40.6 Å². The average Bonchev–Trinajstić information content (AvgIpc) is 2.96. The van der Waals surface area contributed by atoms with Gasteiger partial charge in [-0.15, -0.1) is 11.8 Å². The van der Waals surface area contributed by atoms with Crippen molar-refractivity contribution >= 4 is 23.6 Å². The van der Waals surface area contributed by atoms with Gasteiger partial charge in [0.15, 0.2) is 0 Å². The molecular weight excluding hydrogens is 375 g/mol. The zero-order valence-electron chi connectivity index (χ0n) is 16.4. The summed E-state index contributed by atoms with van der Waals surface area (Å²) >= 11 is 1.63. The molecule has 1 fully saturated rings. The largest absolute Gasteiger partial charge is 0.337 e. The maximum Gasteiger partial charge on any atom is 0.254 e. The van der Waals surface area contributed by atoms with Gasteiger partial charge in [-0.05, 0) is 44.5 Å². The lowest BCUT2D eigenvalue weighted by Gasteiger charge is -2.28. The van der Waals surface area contributed by atoms with Crippen molar-refractivity contribution in [1.29, 1.82) is 0 Å². The lowest BCUT2D eigenvalue weighted by atomic mass is 10.1. The summed E-state index contributed by atoms with van der Waals surface area (Å²) in [6.07, 6.45) is 0. The van der Waals surface area contributed by atoms with Crippen molar-refractivity contribution in [2.75, 3.05) is 19.6 Å². The number of carbonyl (C=O) groups excluding carboxylic acids is 2. The molecule has 0 unspecified atom stereocenters. The van der Waals surface area contributed by atoms with Crippen molar-refractivity contribution in [1.82, 2.24) is 9.80 Å². The molecule has 1 aliphatic heterocycles. The zero-order chi connectivity index (χ0) is 20.3. The fourth-order valence-electron chi connectivity index (χ4n) is 3.42. The highest BCUT2D eigenvalue weighted by atomic mass is 32.2. The number of halogens is 1. The molecule has 0 spiro atoms. The molecule has 1 aliphatic rings. The van der Waals surface area contributed by atoms with Crippen LogP contribution in [0.2, 0.25) is 0 Å². The number of thioether (sulfide) groups is 1. The molecule has 1 heterocycles. The Labute approximate surface area is 169 Å². The van der Waals surface area contributed by atoms with E-state index >= 15 is 0 Å². The summed E-state index contributed by atoms with van der Waals surface area (Å²) in [5, 5.41) is -0.162. The number of nitrogens with zero attached hydrogens (tertiary/aromatic N) is 2. The number of rotatable bonds is 6. The van der Waals surface area contributed by atoms with Gasteiger partial charge in [0, 0.05) is 25.2 Å². The summed E-state index contributed by atoms with van der Waals surface area (Å²) in [6.45, 7) is 7.20. The normalized spacial score (nSPS) is 19.1. The summed E-state index contributed by atoms with van der Waals surface area (Å²) in [4.78, 5) is 28.9. The number of aryl methyl sites for hydroxylation is 1. The molecule has 0 radical (unpaired) electrons. The van der Waals surface area contributed by atoms with Gasteiger partial charge in [-0.25, -0.2) is 4.39 Å². The highest BCUT2D eigenvalue weighted by Crippen LogP contribution is 2.42. The summed E-state index contributed by atoms with van der Waals surface area (Å²) < 4.78 is 13.5. The molecule has 1 saturated heterocycles. The van der Waals surface area contributed by atoms with Gasteiger partial charge in [-0.2, -0.15) is 0 Å². The summed E-state index contributed by atoms with van der Waals surface area (Å²) in [7, 11) is 0. The minimum Gasteiger partial charge on any atom is -0.337 e. The van der Waals surface area contributed by atoms with Crippen LogP contribution >= 0.6 is 11.8 Å². The van der Waals surface area contributed by atoms with Crippen LogP contribution in [0.3, 0.4) is 0 Å². The van der Waals surface area contributed by atoms with Crippen molar-refractivity contribution in [2.45, 2.75) is 31.4 Å². The highest BCUT2D eigenvalue weighted by Gasteiger charge is 2.38. The van der Waals surface area contributed by atoms with E-state index in [2.05, 4.69) is 6.07 Å². The van der Waals surface area contributed by atoms with E-state index in [1.165, 1.54) is 18.2 Å².